The number of sulfonamides is 1. The van der Waals surface area contributed by atoms with Gasteiger partial charge in [-0.15, -0.1) is 0 Å². The van der Waals surface area contributed by atoms with Crippen molar-refractivity contribution in [2.24, 2.45) is 0 Å². The number of ketones is 1. The molecule has 1 aliphatic heterocycles. The van der Waals surface area contributed by atoms with Crippen molar-refractivity contribution in [3.8, 4) is 0 Å². The predicted molar refractivity (Wildman–Crippen MR) is 154 cm³/mol. The SMILES string of the molecule is CC(=O)c1cn(CC(=O)N2C[C@H](F)C[C@H]2C(=O)NCCCc2ccccc2)c2ccc(C(=O)NS(=O)(=O)C3CC3)cc12. The summed E-state index contributed by atoms with van der Waals surface area (Å²) >= 11 is 0. The first-order valence-electron chi connectivity index (χ1n) is 14.0. The summed E-state index contributed by atoms with van der Waals surface area (Å²) in [5.41, 5.74) is 1.92. The van der Waals surface area contributed by atoms with Crippen molar-refractivity contribution in [1.29, 1.82) is 0 Å². The molecule has 2 fully saturated rings. The summed E-state index contributed by atoms with van der Waals surface area (Å²) in [5, 5.41) is 2.63. The van der Waals surface area contributed by atoms with Crippen LogP contribution >= 0.6 is 0 Å². The van der Waals surface area contributed by atoms with Crippen LogP contribution in [0, 0.1) is 0 Å². The van der Waals surface area contributed by atoms with Crippen LogP contribution in [-0.2, 0) is 32.6 Å². The van der Waals surface area contributed by atoms with Crippen molar-refractivity contribution in [1.82, 2.24) is 19.5 Å². The fourth-order valence-corrected chi connectivity index (χ4v) is 6.61. The number of nitrogens with zero attached hydrogens (tertiary/aromatic N) is 2. The molecule has 2 N–H and O–H groups in total. The van der Waals surface area contributed by atoms with Gasteiger partial charge in [-0.05, 0) is 56.4 Å². The zero-order chi connectivity index (χ0) is 30.0. The van der Waals surface area contributed by atoms with Gasteiger partial charge in [0.25, 0.3) is 5.91 Å². The Labute approximate surface area is 243 Å². The molecule has 0 spiro atoms. The molecular formula is C30H33FN4O6S. The molecular weight excluding hydrogens is 563 g/mol. The van der Waals surface area contributed by atoms with Crippen LogP contribution in [0.1, 0.15) is 58.9 Å². The molecule has 10 nitrogen and oxygen atoms in total. The fourth-order valence-electron chi connectivity index (χ4n) is 5.31. The summed E-state index contributed by atoms with van der Waals surface area (Å²) < 4.78 is 42.5. The van der Waals surface area contributed by atoms with Crippen molar-refractivity contribution >= 4 is 44.4 Å². The maximum atomic E-state index is 14.4. The number of fused-ring (bicyclic) bond motifs is 1. The summed E-state index contributed by atoms with van der Waals surface area (Å²) in [7, 11) is -3.76. The second kappa shape index (κ2) is 12.0. The smallest absolute Gasteiger partial charge is 0.264 e. The zero-order valence-corrected chi connectivity index (χ0v) is 24.0. The lowest BCUT2D eigenvalue weighted by Crippen LogP contribution is -2.47. The van der Waals surface area contributed by atoms with Gasteiger partial charge in [0.05, 0.1) is 11.8 Å². The minimum absolute atomic E-state index is 0.0575. The Balaban J connectivity index is 1.28. The van der Waals surface area contributed by atoms with Gasteiger partial charge in [0.2, 0.25) is 21.8 Å². The largest absolute Gasteiger partial charge is 0.354 e. The number of carbonyl (C=O) groups is 4. The van der Waals surface area contributed by atoms with Crippen LogP contribution in [0.15, 0.2) is 54.7 Å². The molecule has 1 saturated carbocycles. The number of rotatable bonds is 11. The average molecular weight is 597 g/mol. The number of hydrogen-bond donors (Lipinski definition) is 2. The first kappa shape index (κ1) is 29.4. The van der Waals surface area contributed by atoms with Crippen molar-refractivity contribution in [2.45, 2.75) is 63.0 Å². The monoisotopic (exact) mass is 596 g/mol. The quantitative estimate of drug-likeness (QED) is 0.258. The lowest BCUT2D eigenvalue weighted by molar-refractivity contribution is -0.138. The molecule has 2 aliphatic rings. The number of alkyl halides is 1. The molecule has 2 aromatic carbocycles. The highest BCUT2D eigenvalue weighted by molar-refractivity contribution is 7.91. The summed E-state index contributed by atoms with van der Waals surface area (Å²) in [5.74, 6) is -2.00. The molecule has 1 saturated heterocycles. The number of halogens is 1. The van der Waals surface area contributed by atoms with E-state index < -0.39 is 45.2 Å². The van der Waals surface area contributed by atoms with E-state index in [1.165, 1.54) is 40.8 Å². The lowest BCUT2D eigenvalue weighted by atomic mass is 10.1. The minimum Gasteiger partial charge on any atom is -0.354 e. The molecule has 2 heterocycles. The number of amides is 3. The van der Waals surface area contributed by atoms with Crippen LogP contribution in [-0.4, -0.2) is 71.9 Å². The number of aromatic nitrogens is 1. The normalized spacial score (nSPS) is 18.7. The van der Waals surface area contributed by atoms with Crippen molar-refractivity contribution in [3.05, 3.63) is 71.4 Å². The van der Waals surface area contributed by atoms with Gasteiger partial charge in [0, 0.05) is 41.2 Å². The summed E-state index contributed by atoms with van der Waals surface area (Å²) in [6.45, 7) is 1.28. The third-order valence-electron chi connectivity index (χ3n) is 7.68. The van der Waals surface area contributed by atoms with E-state index in [9.17, 15) is 32.0 Å². The second-order valence-corrected chi connectivity index (χ2v) is 12.9. The number of aryl methyl sites for hydroxylation is 1. The molecule has 3 aromatic rings. The Bertz CT molecular complexity index is 1630. The minimum atomic E-state index is -3.76. The van der Waals surface area contributed by atoms with Crippen LogP contribution in [0.25, 0.3) is 10.9 Å². The van der Waals surface area contributed by atoms with E-state index in [1.54, 1.807) is 0 Å². The Morgan fingerprint density at radius 3 is 2.48 bits per heavy atom. The highest BCUT2D eigenvalue weighted by atomic mass is 32.2. The summed E-state index contributed by atoms with van der Waals surface area (Å²) in [6, 6.07) is 13.3. The third-order valence-corrected chi connectivity index (χ3v) is 9.50. The molecule has 42 heavy (non-hydrogen) atoms. The Kier molecular flexibility index (Phi) is 8.44. The van der Waals surface area contributed by atoms with Crippen molar-refractivity contribution in [2.75, 3.05) is 13.1 Å². The van der Waals surface area contributed by atoms with Crippen LogP contribution < -0.4 is 10.0 Å². The molecule has 2 atom stereocenters. The average Bonchev–Trinajstić information content (AvgIpc) is 3.67. The van der Waals surface area contributed by atoms with Gasteiger partial charge in [-0.25, -0.2) is 17.5 Å². The lowest BCUT2D eigenvalue weighted by Gasteiger charge is -2.24. The highest BCUT2D eigenvalue weighted by Gasteiger charge is 2.40. The van der Waals surface area contributed by atoms with Crippen molar-refractivity contribution < 1.29 is 32.0 Å². The molecule has 12 heteroatoms. The van der Waals surface area contributed by atoms with E-state index in [-0.39, 0.29) is 36.4 Å². The van der Waals surface area contributed by atoms with E-state index in [0.717, 1.165) is 12.0 Å². The number of likely N-dealkylation sites (tertiary alicyclic amines) is 1. The van der Waals surface area contributed by atoms with Gasteiger partial charge in [-0.1, -0.05) is 30.3 Å². The summed E-state index contributed by atoms with van der Waals surface area (Å²) in [4.78, 5) is 52.6. The van der Waals surface area contributed by atoms with E-state index in [0.29, 0.717) is 36.7 Å². The van der Waals surface area contributed by atoms with Crippen molar-refractivity contribution in [3.63, 3.8) is 0 Å². The maximum Gasteiger partial charge on any atom is 0.264 e. The molecule has 222 valence electrons. The standard InChI is InChI=1S/C30H33FN4O6S/c1-19(36)25-17-34(26-12-9-21(14-24(25)26)29(38)33-42(40,41)23-10-11-23)18-28(37)35-16-22(31)15-27(35)30(39)32-13-5-8-20-6-3-2-4-7-20/h2-4,6-7,9,12,14,17,22-23,27H,5,8,10-11,13,15-16,18H2,1H3,(H,32,39)(H,33,38)/t22-,27+/m1/s1. The molecule has 0 radical (unpaired) electrons. The molecule has 0 bridgehead atoms. The number of nitrogens with one attached hydrogen (secondary N) is 2. The van der Waals surface area contributed by atoms with Gasteiger partial charge in [0.15, 0.2) is 5.78 Å². The van der Waals surface area contributed by atoms with Crippen LogP contribution in [0.5, 0.6) is 0 Å². The Morgan fingerprint density at radius 2 is 1.79 bits per heavy atom. The zero-order valence-electron chi connectivity index (χ0n) is 23.2. The fraction of sp³-hybridized carbons (Fsp3) is 0.400. The molecule has 5 rings (SSSR count). The topological polar surface area (TPSA) is 135 Å². The first-order chi connectivity index (χ1) is 20.0. The Hall–Kier alpha value is -4.06. The van der Waals surface area contributed by atoms with E-state index >= 15 is 0 Å². The molecule has 1 aromatic heterocycles. The predicted octanol–water partition coefficient (Wildman–Crippen LogP) is 2.75. The van der Waals surface area contributed by atoms with E-state index in [4.69, 9.17) is 0 Å². The maximum absolute atomic E-state index is 14.4. The third kappa shape index (κ3) is 6.53. The van der Waals surface area contributed by atoms with E-state index in [1.807, 2.05) is 30.3 Å². The number of carbonyl (C=O) groups excluding carboxylic acids is 4. The van der Waals surface area contributed by atoms with Gasteiger partial charge >= 0.3 is 0 Å². The van der Waals surface area contributed by atoms with Gasteiger partial charge < -0.3 is 14.8 Å². The first-order valence-corrected chi connectivity index (χ1v) is 15.5. The number of Topliss-reactive ketones (excluding diaryl/α,β-unsaturated/α-hetero) is 1. The Morgan fingerprint density at radius 1 is 1.05 bits per heavy atom. The molecule has 3 amide bonds. The molecule has 0 unspecified atom stereocenters. The second-order valence-electron chi connectivity index (χ2n) is 10.9. The highest BCUT2D eigenvalue weighted by Crippen LogP contribution is 2.29. The number of hydrogen-bond acceptors (Lipinski definition) is 6. The number of benzene rings is 2. The van der Waals surface area contributed by atoms with Gasteiger partial charge in [0.1, 0.15) is 18.8 Å². The van der Waals surface area contributed by atoms with Crippen LogP contribution in [0.2, 0.25) is 0 Å². The van der Waals surface area contributed by atoms with Gasteiger partial charge in [-0.3, -0.25) is 19.2 Å². The van der Waals surface area contributed by atoms with Gasteiger partial charge in [-0.2, -0.15) is 0 Å². The van der Waals surface area contributed by atoms with Crippen LogP contribution in [0.4, 0.5) is 4.39 Å². The van der Waals surface area contributed by atoms with E-state index in [2.05, 4.69) is 10.0 Å². The molecule has 1 aliphatic carbocycles. The summed E-state index contributed by atoms with van der Waals surface area (Å²) in [6.07, 6.45) is 2.54. The van der Waals surface area contributed by atoms with Crippen LogP contribution in [0.3, 0.4) is 0 Å².